The average molecular weight is 594 g/mol. The summed E-state index contributed by atoms with van der Waals surface area (Å²) < 4.78 is 13.2. The number of para-hydroxylation sites is 2. The first-order chi connectivity index (χ1) is 18.7. The summed E-state index contributed by atoms with van der Waals surface area (Å²) in [6, 6.07) is 17.5. The molecule has 0 fully saturated rings. The molecular formula is C30H33BrN4O4. The molecule has 1 N–H and O–H groups in total. The number of aromatic nitrogens is 2. The van der Waals surface area contributed by atoms with Crippen LogP contribution in [0.25, 0.3) is 16.6 Å². The molecule has 0 aliphatic carbocycles. The van der Waals surface area contributed by atoms with Gasteiger partial charge >= 0.3 is 6.03 Å². The first-order valence-electron chi connectivity index (χ1n) is 12.7. The Labute approximate surface area is 236 Å². The second-order valence-corrected chi connectivity index (χ2v) is 10.6. The van der Waals surface area contributed by atoms with Gasteiger partial charge in [-0.05, 0) is 59.5 Å². The predicted molar refractivity (Wildman–Crippen MR) is 158 cm³/mol. The molecule has 0 aliphatic rings. The second-order valence-electron chi connectivity index (χ2n) is 9.76. The van der Waals surface area contributed by atoms with Crippen molar-refractivity contribution < 1.29 is 14.3 Å². The van der Waals surface area contributed by atoms with Gasteiger partial charge in [0, 0.05) is 24.4 Å². The Kier molecular flexibility index (Phi) is 8.60. The van der Waals surface area contributed by atoms with E-state index in [2.05, 4.69) is 21.2 Å². The number of fused-ring (bicyclic) bond motifs is 1. The van der Waals surface area contributed by atoms with Crippen molar-refractivity contribution in [2.45, 2.75) is 33.7 Å². The highest BCUT2D eigenvalue weighted by atomic mass is 79.9. The lowest BCUT2D eigenvalue weighted by molar-refractivity contribution is 0.179. The highest BCUT2D eigenvalue weighted by molar-refractivity contribution is 9.10. The predicted octanol–water partition coefficient (Wildman–Crippen LogP) is 6.72. The molecule has 4 rings (SSSR count). The maximum absolute atomic E-state index is 14.1. The quantitative estimate of drug-likeness (QED) is 0.245. The third-order valence-corrected chi connectivity index (χ3v) is 7.34. The van der Waals surface area contributed by atoms with Crippen LogP contribution in [-0.2, 0) is 0 Å². The molecule has 0 spiro atoms. The van der Waals surface area contributed by atoms with E-state index in [1.807, 2.05) is 58.0 Å². The molecule has 1 aromatic heterocycles. The molecule has 39 heavy (non-hydrogen) atoms. The number of nitrogens with one attached hydrogen (secondary N) is 1. The number of hydrogen-bond donors (Lipinski definition) is 1. The van der Waals surface area contributed by atoms with Crippen LogP contribution in [0.2, 0.25) is 0 Å². The van der Waals surface area contributed by atoms with Crippen molar-refractivity contribution in [2.75, 3.05) is 26.1 Å². The zero-order chi connectivity index (χ0) is 28.3. The number of hydrogen-bond acceptors (Lipinski definition) is 5. The van der Waals surface area contributed by atoms with Crippen molar-refractivity contribution in [3.63, 3.8) is 0 Å². The van der Waals surface area contributed by atoms with Gasteiger partial charge in [0.25, 0.3) is 5.56 Å². The van der Waals surface area contributed by atoms with Gasteiger partial charge in [0.2, 0.25) is 0 Å². The number of urea groups is 1. The van der Waals surface area contributed by atoms with Gasteiger partial charge in [0.1, 0.15) is 17.3 Å². The van der Waals surface area contributed by atoms with E-state index in [0.29, 0.717) is 44.9 Å². The lowest BCUT2D eigenvalue weighted by Gasteiger charge is -2.32. The average Bonchev–Trinajstić information content (AvgIpc) is 2.93. The lowest BCUT2D eigenvalue weighted by Crippen LogP contribution is -2.42. The van der Waals surface area contributed by atoms with Crippen LogP contribution in [0.3, 0.4) is 0 Å². The third kappa shape index (κ3) is 5.78. The van der Waals surface area contributed by atoms with E-state index in [1.165, 1.54) is 4.57 Å². The number of nitrogens with zero attached hydrogens (tertiary/aromatic N) is 3. The van der Waals surface area contributed by atoms with E-state index in [9.17, 15) is 9.59 Å². The van der Waals surface area contributed by atoms with Crippen LogP contribution in [0.4, 0.5) is 10.5 Å². The normalized spacial score (nSPS) is 11.9. The lowest BCUT2D eigenvalue weighted by atomic mass is 10.1. The first-order valence-corrected chi connectivity index (χ1v) is 13.5. The van der Waals surface area contributed by atoms with E-state index in [4.69, 9.17) is 14.5 Å². The first kappa shape index (κ1) is 28.2. The molecule has 9 heteroatoms. The summed E-state index contributed by atoms with van der Waals surface area (Å²) in [5.74, 6) is 1.59. The Bertz CT molecular complexity index is 1570. The molecule has 0 aliphatic heterocycles. The van der Waals surface area contributed by atoms with Gasteiger partial charge in [0.15, 0.2) is 0 Å². The minimum atomic E-state index is -0.571. The molecule has 4 aromatic rings. The smallest absolute Gasteiger partial charge is 0.322 e. The van der Waals surface area contributed by atoms with E-state index < -0.39 is 6.04 Å². The molecule has 1 heterocycles. The van der Waals surface area contributed by atoms with Crippen LogP contribution >= 0.6 is 15.9 Å². The van der Waals surface area contributed by atoms with Crippen LogP contribution in [0.5, 0.6) is 11.5 Å². The Morgan fingerprint density at radius 2 is 1.74 bits per heavy atom. The highest BCUT2D eigenvalue weighted by Crippen LogP contribution is 2.37. The van der Waals surface area contributed by atoms with Crippen LogP contribution < -0.4 is 20.3 Å². The molecule has 0 saturated carbocycles. The van der Waals surface area contributed by atoms with Gasteiger partial charge in [-0.2, -0.15) is 0 Å². The number of carbonyl (C=O) groups is 1. The number of amides is 2. The molecule has 0 saturated heterocycles. The monoisotopic (exact) mass is 592 g/mol. The largest absolute Gasteiger partial charge is 0.497 e. The van der Waals surface area contributed by atoms with Gasteiger partial charge in [-0.3, -0.25) is 9.36 Å². The van der Waals surface area contributed by atoms with E-state index >= 15 is 0 Å². The Balaban J connectivity index is 1.94. The molecule has 204 valence electrons. The summed E-state index contributed by atoms with van der Waals surface area (Å²) in [6.45, 7) is 8.38. The van der Waals surface area contributed by atoms with Crippen molar-refractivity contribution in [1.82, 2.24) is 14.5 Å². The SMILES string of the molecule is COc1cc(OC)c(Br)c(-n2c(C(C)N(CC(C)C)C(=O)Nc3ccccc3C)nc3ccccc3c2=O)c1. The number of rotatable bonds is 8. The molecule has 1 unspecified atom stereocenters. The van der Waals surface area contributed by atoms with Gasteiger partial charge in [-0.15, -0.1) is 0 Å². The topological polar surface area (TPSA) is 85.7 Å². The van der Waals surface area contributed by atoms with Gasteiger partial charge in [-0.25, -0.2) is 9.78 Å². The maximum atomic E-state index is 14.1. The van der Waals surface area contributed by atoms with Gasteiger partial charge in [-0.1, -0.05) is 44.2 Å². The minimum Gasteiger partial charge on any atom is -0.497 e. The Hall–Kier alpha value is -3.85. The number of aryl methyl sites for hydroxylation is 1. The molecular weight excluding hydrogens is 560 g/mol. The Morgan fingerprint density at radius 1 is 1.05 bits per heavy atom. The van der Waals surface area contributed by atoms with E-state index in [-0.39, 0.29) is 17.5 Å². The van der Waals surface area contributed by atoms with Gasteiger partial charge < -0.3 is 19.7 Å². The van der Waals surface area contributed by atoms with Crippen molar-refractivity contribution in [1.29, 1.82) is 0 Å². The molecule has 0 radical (unpaired) electrons. The summed E-state index contributed by atoms with van der Waals surface area (Å²) in [6.07, 6.45) is 0. The standard InChI is InChI=1S/C30H33BrN4O4/c1-18(2)17-34(30(37)33-23-13-9-7-11-19(23)3)20(4)28-32-24-14-10-8-12-22(24)29(36)35(28)25-15-21(38-5)16-26(39-6)27(25)31/h7-16,18,20H,17H2,1-6H3,(H,33,37). The number of benzene rings is 3. The zero-order valence-electron chi connectivity index (χ0n) is 23.0. The summed E-state index contributed by atoms with van der Waals surface area (Å²) >= 11 is 3.62. The number of halogens is 1. The van der Waals surface area contributed by atoms with Crippen LogP contribution in [0, 0.1) is 12.8 Å². The summed E-state index contributed by atoms with van der Waals surface area (Å²) in [5, 5.41) is 3.51. The molecule has 3 aromatic carbocycles. The number of ether oxygens (including phenoxy) is 2. The molecule has 8 nitrogen and oxygen atoms in total. The fraction of sp³-hybridized carbons (Fsp3) is 0.300. The highest BCUT2D eigenvalue weighted by Gasteiger charge is 2.29. The second kappa shape index (κ2) is 11.9. The summed E-state index contributed by atoms with van der Waals surface area (Å²) in [5.41, 5.74) is 2.47. The zero-order valence-corrected chi connectivity index (χ0v) is 24.6. The molecule has 2 amide bonds. The fourth-order valence-corrected chi connectivity index (χ4v) is 5.07. The molecule has 1 atom stereocenters. The van der Waals surface area contributed by atoms with Crippen LogP contribution in [0.15, 0.2) is 69.9 Å². The van der Waals surface area contributed by atoms with Gasteiger partial charge in [0.05, 0.1) is 41.3 Å². The summed E-state index contributed by atoms with van der Waals surface area (Å²) in [7, 11) is 3.10. The van der Waals surface area contributed by atoms with Crippen LogP contribution in [0.1, 0.15) is 38.2 Å². The van der Waals surface area contributed by atoms with Crippen molar-refractivity contribution in [2.24, 2.45) is 5.92 Å². The summed E-state index contributed by atoms with van der Waals surface area (Å²) in [4.78, 5) is 34.4. The van der Waals surface area contributed by atoms with Crippen molar-refractivity contribution >= 4 is 38.6 Å². The van der Waals surface area contributed by atoms with Crippen molar-refractivity contribution in [3.05, 3.63) is 86.9 Å². The van der Waals surface area contributed by atoms with E-state index in [1.54, 1.807) is 49.5 Å². The minimum absolute atomic E-state index is 0.166. The third-order valence-electron chi connectivity index (χ3n) is 6.54. The van der Waals surface area contributed by atoms with Crippen LogP contribution in [-0.4, -0.2) is 41.2 Å². The number of methoxy groups -OCH3 is 2. The number of anilines is 1. The van der Waals surface area contributed by atoms with E-state index in [0.717, 1.165) is 11.3 Å². The fourth-order valence-electron chi connectivity index (χ4n) is 4.50. The number of carbonyl (C=O) groups excluding carboxylic acids is 1. The molecule has 0 bridgehead atoms. The maximum Gasteiger partial charge on any atom is 0.322 e. The van der Waals surface area contributed by atoms with Crippen molar-refractivity contribution in [3.8, 4) is 17.2 Å². The Morgan fingerprint density at radius 3 is 2.41 bits per heavy atom.